The van der Waals surface area contributed by atoms with E-state index in [1.54, 1.807) is 13.2 Å². The Hall–Kier alpha value is -3.06. The molecular weight excluding hydrogens is 366 g/mol. The average Bonchev–Trinajstić information content (AvgIpc) is 3.30. The van der Waals surface area contributed by atoms with Crippen LogP contribution in [-0.4, -0.2) is 33.6 Å². The van der Waals surface area contributed by atoms with Gasteiger partial charge in [0.1, 0.15) is 6.54 Å². The van der Waals surface area contributed by atoms with E-state index < -0.39 is 0 Å². The molecule has 0 bridgehead atoms. The number of H-pyrrole nitrogens is 1. The number of halogens is 1. The van der Waals surface area contributed by atoms with Crippen LogP contribution in [0.3, 0.4) is 0 Å². The second-order valence-corrected chi connectivity index (χ2v) is 6.49. The lowest BCUT2D eigenvalue weighted by Gasteiger charge is -2.02. The summed E-state index contributed by atoms with van der Waals surface area (Å²) in [6, 6.07) is 11.5. The van der Waals surface area contributed by atoms with Crippen LogP contribution in [0.4, 0.5) is 5.69 Å². The molecule has 0 aliphatic rings. The first-order chi connectivity index (χ1) is 13.0. The van der Waals surface area contributed by atoms with Gasteiger partial charge in [-0.1, -0.05) is 23.7 Å². The molecule has 2 heterocycles. The molecule has 0 atom stereocenters. The Labute approximate surface area is 161 Å². The lowest BCUT2D eigenvalue weighted by Crippen LogP contribution is -2.23. The number of hydrogen-bond donors (Lipinski definition) is 3. The normalized spacial score (nSPS) is 10.6. The van der Waals surface area contributed by atoms with Crippen LogP contribution in [0.1, 0.15) is 12.1 Å². The number of benzene rings is 1. The van der Waals surface area contributed by atoms with Crippen LogP contribution in [-0.2, 0) is 22.6 Å². The predicted octanol–water partition coefficient (Wildman–Crippen LogP) is 2.85. The molecule has 2 aromatic heterocycles. The smallest absolute Gasteiger partial charge is 0.241 e. The average molecular weight is 386 g/mol. The van der Waals surface area contributed by atoms with Gasteiger partial charge in [-0.3, -0.25) is 14.3 Å². The second-order valence-electron chi connectivity index (χ2n) is 6.05. The van der Waals surface area contributed by atoms with Crippen molar-refractivity contribution in [3.63, 3.8) is 0 Å². The van der Waals surface area contributed by atoms with Gasteiger partial charge in [0.15, 0.2) is 0 Å². The molecule has 0 saturated heterocycles. The molecule has 2 amide bonds. The molecule has 27 heavy (non-hydrogen) atoms. The van der Waals surface area contributed by atoms with Gasteiger partial charge in [0.2, 0.25) is 11.8 Å². The van der Waals surface area contributed by atoms with Gasteiger partial charge in [-0.25, -0.2) is 0 Å². The highest BCUT2D eigenvalue weighted by molar-refractivity contribution is 6.30. The van der Waals surface area contributed by atoms with Crippen molar-refractivity contribution in [3.8, 4) is 11.3 Å². The van der Waals surface area contributed by atoms with E-state index in [1.165, 1.54) is 10.9 Å². The maximum atomic E-state index is 12.1. The Bertz CT molecular complexity index is 930. The molecule has 7 nitrogen and oxygen atoms in total. The number of amides is 2. The standard InChI is InChI=1S/C19H20ClN5O2/c1-21-19(27)12-25-11-16(10-22-25)24-18(26)9-7-15-6-8-17(23-15)13-2-4-14(20)5-3-13/h2-6,8,10-11,23H,7,9,12H2,1H3,(H,21,27)(H,24,26). The van der Waals surface area contributed by atoms with Crippen molar-refractivity contribution < 1.29 is 9.59 Å². The van der Waals surface area contributed by atoms with Crippen molar-refractivity contribution in [1.29, 1.82) is 0 Å². The minimum Gasteiger partial charge on any atom is -0.358 e. The highest BCUT2D eigenvalue weighted by atomic mass is 35.5. The molecule has 0 aliphatic heterocycles. The van der Waals surface area contributed by atoms with Crippen molar-refractivity contribution in [2.24, 2.45) is 0 Å². The molecule has 1 aromatic carbocycles. The molecule has 0 spiro atoms. The summed E-state index contributed by atoms with van der Waals surface area (Å²) in [5, 5.41) is 10.0. The maximum absolute atomic E-state index is 12.1. The van der Waals surface area contributed by atoms with E-state index >= 15 is 0 Å². The molecule has 3 aromatic rings. The SMILES string of the molecule is CNC(=O)Cn1cc(NC(=O)CCc2ccc(-c3ccc(Cl)cc3)[nH]2)cn1. The van der Waals surface area contributed by atoms with Crippen LogP contribution in [0.25, 0.3) is 11.3 Å². The molecule has 0 saturated carbocycles. The highest BCUT2D eigenvalue weighted by Gasteiger charge is 2.08. The van der Waals surface area contributed by atoms with Gasteiger partial charge in [0, 0.05) is 36.1 Å². The third kappa shape index (κ3) is 5.21. The minimum atomic E-state index is -0.154. The summed E-state index contributed by atoms with van der Waals surface area (Å²) in [6.45, 7) is 0.113. The predicted molar refractivity (Wildman–Crippen MR) is 104 cm³/mol. The van der Waals surface area contributed by atoms with E-state index in [-0.39, 0.29) is 18.4 Å². The van der Waals surface area contributed by atoms with Gasteiger partial charge in [-0.05, 0) is 36.2 Å². The van der Waals surface area contributed by atoms with Gasteiger partial charge in [0.05, 0.1) is 11.9 Å². The van der Waals surface area contributed by atoms with Crippen molar-refractivity contribution >= 4 is 29.1 Å². The zero-order valence-corrected chi connectivity index (χ0v) is 15.6. The van der Waals surface area contributed by atoms with E-state index in [1.807, 2.05) is 36.4 Å². The van der Waals surface area contributed by atoms with Crippen LogP contribution in [0.2, 0.25) is 5.02 Å². The topological polar surface area (TPSA) is 91.8 Å². The van der Waals surface area contributed by atoms with Gasteiger partial charge >= 0.3 is 0 Å². The zero-order valence-electron chi connectivity index (χ0n) is 14.8. The fourth-order valence-electron chi connectivity index (χ4n) is 2.60. The molecule has 3 N–H and O–H groups in total. The fourth-order valence-corrected chi connectivity index (χ4v) is 2.72. The highest BCUT2D eigenvalue weighted by Crippen LogP contribution is 2.21. The summed E-state index contributed by atoms with van der Waals surface area (Å²) in [7, 11) is 1.56. The van der Waals surface area contributed by atoms with Gasteiger partial charge in [-0.2, -0.15) is 5.10 Å². The zero-order chi connectivity index (χ0) is 19.2. The number of likely N-dealkylation sites (N-methyl/N-ethyl adjacent to an activating group) is 1. The number of rotatable bonds is 7. The number of anilines is 1. The molecular formula is C19H20ClN5O2. The molecule has 3 rings (SSSR count). The van der Waals surface area contributed by atoms with Crippen LogP contribution < -0.4 is 10.6 Å². The molecule has 0 fully saturated rings. The fraction of sp³-hybridized carbons (Fsp3) is 0.211. The number of nitrogens with zero attached hydrogens (tertiary/aromatic N) is 2. The Balaban J connectivity index is 1.51. The van der Waals surface area contributed by atoms with Crippen LogP contribution in [0.5, 0.6) is 0 Å². The van der Waals surface area contributed by atoms with Crippen molar-refractivity contribution in [3.05, 3.63) is 59.5 Å². The van der Waals surface area contributed by atoms with Crippen LogP contribution in [0.15, 0.2) is 48.8 Å². The summed E-state index contributed by atoms with van der Waals surface area (Å²) in [5.41, 5.74) is 3.57. The van der Waals surface area contributed by atoms with Gasteiger partial charge in [-0.15, -0.1) is 0 Å². The molecule has 0 aliphatic carbocycles. The van der Waals surface area contributed by atoms with E-state index in [2.05, 4.69) is 20.7 Å². The summed E-state index contributed by atoms with van der Waals surface area (Å²) < 4.78 is 1.47. The Morgan fingerprint density at radius 1 is 1.15 bits per heavy atom. The van der Waals surface area contributed by atoms with E-state index in [0.29, 0.717) is 23.6 Å². The number of nitrogens with one attached hydrogen (secondary N) is 3. The molecule has 8 heteroatoms. The third-order valence-electron chi connectivity index (χ3n) is 4.02. The second kappa shape index (κ2) is 8.55. The summed E-state index contributed by atoms with van der Waals surface area (Å²) >= 11 is 5.91. The Kier molecular flexibility index (Phi) is 5.93. The summed E-state index contributed by atoms with van der Waals surface area (Å²) in [6.07, 6.45) is 4.07. The first-order valence-electron chi connectivity index (χ1n) is 8.50. The van der Waals surface area contributed by atoms with E-state index in [0.717, 1.165) is 17.0 Å². The number of aryl methyl sites for hydroxylation is 1. The van der Waals surface area contributed by atoms with E-state index in [4.69, 9.17) is 11.6 Å². The van der Waals surface area contributed by atoms with Gasteiger partial charge < -0.3 is 15.6 Å². The number of hydrogen-bond acceptors (Lipinski definition) is 3. The van der Waals surface area contributed by atoms with E-state index in [9.17, 15) is 9.59 Å². The maximum Gasteiger partial charge on any atom is 0.241 e. The molecule has 0 unspecified atom stereocenters. The van der Waals surface area contributed by atoms with Crippen molar-refractivity contribution in [2.75, 3.05) is 12.4 Å². The monoisotopic (exact) mass is 385 g/mol. The van der Waals surface area contributed by atoms with Gasteiger partial charge in [0.25, 0.3) is 0 Å². The Morgan fingerprint density at radius 2 is 1.93 bits per heavy atom. The van der Waals surface area contributed by atoms with Crippen LogP contribution in [0, 0.1) is 0 Å². The van der Waals surface area contributed by atoms with Crippen molar-refractivity contribution in [2.45, 2.75) is 19.4 Å². The number of aromatic nitrogens is 3. The lowest BCUT2D eigenvalue weighted by molar-refractivity contribution is -0.121. The molecule has 0 radical (unpaired) electrons. The summed E-state index contributed by atoms with van der Waals surface area (Å²) in [5.74, 6) is -0.267. The number of carbonyl (C=O) groups is 2. The largest absolute Gasteiger partial charge is 0.358 e. The third-order valence-corrected chi connectivity index (χ3v) is 4.28. The first-order valence-corrected chi connectivity index (χ1v) is 8.88. The Morgan fingerprint density at radius 3 is 2.67 bits per heavy atom. The van der Waals surface area contributed by atoms with Crippen LogP contribution >= 0.6 is 11.6 Å². The lowest BCUT2D eigenvalue weighted by atomic mass is 10.2. The minimum absolute atomic E-state index is 0.113. The number of carbonyl (C=O) groups excluding carboxylic acids is 2. The number of aromatic amines is 1. The summed E-state index contributed by atoms with van der Waals surface area (Å²) in [4.78, 5) is 26.8. The molecule has 140 valence electrons. The quantitative estimate of drug-likeness (QED) is 0.584. The first kappa shape index (κ1) is 18.7. The van der Waals surface area contributed by atoms with Crippen molar-refractivity contribution in [1.82, 2.24) is 20.1 Å².